The van der Waals surface area contributed by atoms with Crippen molar-refractivity contribution in [2.24, 2.45) is 0 Å². The highest BCUT2D eigenvalue weighted by molar-refractivity contribution is 7.91. The largest absolute Gasteiger partial charge is 0.606 e. The summed E-state index contributed by atoms with van der Waals surface area (Å²) in [5, 5.41) is 18.5. The van der Waals surface area contributed by atoms with Gasteiger partial charge < -0.3 is 14.8 Å². The molecule has 1 unspecified atom stereocenters. The average molecular weight is 302 g/mol. The molecule has 2 aromatic carbocycles. The van der Waals surface area contributed by atoms with Gasteiger partial charge in [0.15, 0.2) is 9.79 Å². The van der Waals surface area contributed by atoms with Crippen LogP contribution in [0.15, 0.2) is 46.2 Å². The molecule has 1 aliphatic rings. The van der Waals surface area contributed by atoms with Crippen LogP contribution in [0.25, 0.3) is 0 Å². The van der Waals surface area contributed by atoms with E-state index in [1.165, 1.54) is 0 Å². The van der Waals surface area contributed by atoms with E-state index in [4.69, 9.17) is 0 Å². The molecule has 2 aromatic rings. The number of benzene rings is 2. The molecule has 4 heteroatoms. The van der Waals surface area contributed by atoms with E-state index in [1.54, 1.807) is 0 Å². The highest BCUT2D eigenvalue weighted by atomic mass is 32.2. The summed E-state index contributed by atoms with van der Waals surface area (Å²) in [6.45, 7) is 0.130. The minimum absolute atomic E-state index is 0.0463. The summed E-state index contributed by atoms with van der Waals surface area (Å²) in [7, 11) is 0. The van der Waals surface area contributed by atoms with Crippen molar-refractivity contribution in [3.8, 4) is 0 Å². The second-order valence-corrected chi connectivity index (χ2v) is 6.58. The van der Waals surface area contributed by atoms with Crippen molar-refractivity contribution < 1.29 is 14.8 Å². The van der Waals surface area contributed by atoms with Crippen molar-refractivity contribution in [2.75, 3.05) is 13.2 Å². The number of hydrogen-bond donors (Lipinski definition) is 2. The second-order valence-electron chi connectivity index (χ2n) is 5.19. The van der Waals surface area contributed by atoms with Crippen LogP contribution in [0.2, 0.25) is 0 Å². The van der Waals surface area contributed by atoms with E-state index in [-0.39, 0.29) is 13.2 Å². The van der Waals surface area contributed by atoms with Crippen molar-refractivity contribution in [2.45, 2.75) is 29.1 Å². The first-order chi connectivity index (χ1) is 10.3. The summed E-state index contributed by atoms with van der Waals surface area (Å²) in [4.78, 5) is 1.71. The van der Waals surface area contributed by atoms with Crippen LogP contribution in [0, 0.1) is 0 Å². The Kier molecular flexibility index (Phi) is 4.31. The first kappa shape index (κ1) is 14.6. The van der Waals surface area contributed by atoms with Gasteiger partial charge in [-0.1, -0.05) is 30.3 Å². The zero-order valence-electron chi connectivity index (χ0n) is 11.7. The zero-order chi connectivity index (χ0) is 14.8. The molecule has 0 amide bonds. The van der Waals surface area contributed by atoms with Crippen LogP contribution in [0.3, 0.4) is 0 Å². The molecular weight excluding hydrogens is 284 g/mol. The van der Waals surface area contributed by atoms with E-state index in [0.717, 1.165) is 38.5 Å². The van der Waals surface area contributed by atoms with Gasteiger partial charge in [0.2, 0.25) is 0 Å². The molecular formula is C17H18O3S. The van der Waals surface area contributed by atoms with Crippen LogP contribution in [-0.4, -0.2) is 28.0 Å². The number of aliphatic hydroxyl groups excluding tert-OH is 2. The third kappa shape index (κ3) is 2.60. The summed E-state index contributed by atoms with van der Waals surface area (Å²) >= 11 is -1.21. The lowest BCUT2D eigenvalue weighted by Gasteiger charge is -2.25. The Balaban J connectivity index is 2.16. The molecule has 2 N–H and O–H groups in total. The lowest BCUT2D eigenvalue weighted by atomic mass is 9.94. The molecule has 0 aliphatic carbocycles. The predicted molar refractivity (Wildman–Crippen MR) is 81.9 cm³/mol. The Morgan fingerprint density at radius 1 is 0.952 bits per heavy atom. The van der Waals surface area contributed by atoms with Gasteiger partial charge in [0, 0.05) is 53.9 Å². The monoisotopic (exact) mass is 302 g/mol. The summed E-state index contributed by atoms with van der Waals surface area (Å²) in [5.74, 6) is 0. The maximum Gasteiger partial charge on any atom is 0.165 e. The van der Waals surface area contributed by atoms with Gasteiger partial charge in [-0.05, 0) is 18.1 Å². The Morgan fingerprint density at radius 2 is 1.62 bits per heavy atom. The SMILES string of the molecule is [O-][S+]1c2ccccc2Cc2c(CCO)ccc(CCO)c21. The van der Waals surface area contributed by atoms with Gasteiger partial charge in [-0.25, -0.2) is 0 Å². The molecule has 21 heavy (non-hydrogen) atoms. The molecule has 0 saturated heterocycles. The summed E-state index contributed by atoms with van der Waals surface area (Å²) in [6.07, 6.45) is 1.82. The fourth-order valence-electron chi connectivity index (χ4n) is 2.95. The van der Waals surface area contributed by atoms with E-state index in [2.05, 4.69) is 0 Å². The van der Waals surface area contributed by atoms with Crippen LogP contribution in [-0.2, 0) is 30.4 Å². The number of rotatable bonds is 4. The summed E-state index contributed by atoms with van der Waals surface area (Å²) < 4.78 is 12.9. The molecule has 0 fully saturated rings. The number of hydrogen-bond acceptors (Lipinski definition) is 3. The second kappa shape index (κ2) is 6.20. The zero-order valence-corrected chi connectivity index (χ0v) is 12.5. The van der Waals surface area contributed by atoms with Crippen LogP contribution < -0.4 is 0 Å². The Morgan fingerprint density at radius 3 is 2.38 bits per heavy atom. The average Bonchev–Trinajstić information content (AvgIpc) is 2.50. The van der Waals surface area contributed by atoms with Crippen LogP contribution in [0.5, 0.6) is 0 Å². The summed E-state index contributed by atoms with van der Waals surface area (Å²) in [6, 6.07) is 11.7. The van der Waals surface area contributed by atoms with Gasteiger partial charge >= 0.3 is 0 Å². The van der Waals surface area contributed by atoms with Crippen molar-refractivity contribution in [1.82, 2.24) is 0 Å². The number of fused-ring (bicyclic) bond motifs is 2. The molecule has 0 aromatic heterocycles. The minimum Gasteiger partial charge on any atom is -0.606 e. The van der Waals surface area contributed by atoms with Crippen LogP contribution in [0.1, 0.15) is 22.3 Å². The van der Waals surface area contributed by atoms with Crippen molar-refractivity contribution in [3.05, 3.63) is 58.7 Å². The van der Waals surface area contributed by atoms with E-state index < -0.39 is 11.2 Å². The van der Waals surface area contributed by atoms with E-state index >= 15 is 0 Å². The molecule has 0 radical (unpaired) electrons. The van der Waals surface area contributed by atoms with Gasteiger partial charge in [-0.15, -0.1) is 0 Å². The first-order valence-corrected chi connectivity index (χ1v) is 8.26. The fraction of sp³-hybridized carbons (Fsp3) is 0.294. The maximum atomic E-state index is 12.9. The Hall–Kier alpha value is -1.33. The predicted octanol–water partition coefficient (Wildman–Crippen LogP) is 1.83. The maximum absolute atomic E-state index is 12.9. The molecule has 110 valence electrons. The molecule has 0 spiro atoms. The Bertz CT molecular complexity index is 654. The van der Waals surface area contributed by atoms with Crippen molar-refractivity contribution in [1.29, 1.82) is 0 Å². The molecule has 0 bridgehead atoms. The van der Waals surface area contributed by atoms with E-state index in [9.17, 15) is 14.8 Å². The van der Waals surface area contributed by atoms with Gasteiger partial charge in [-0.2, -0.15) is 0 Å². The minimum atomic E-state index is -1.21. The molecule has 3 rings (SSSR count). The third-order valence-electron chi connectivity index (χ3n) is 3.93. The molecule has 3 nitrogen and oxygen atoms in total. The molecule has 1 aliphatic heterocycles. The first-order valence-electron chi connectivity index (χ1n) is 7.11. The molecule has 1 atom stereocenters. The number of aliphatic hydroxyl groups is 2. The van der Waals surface area contributed by atoms with E-state index in [0.29, 0.717) is 12.8 Å². The van der Waals surface area contributed by atoms with Gasteiger partial charge in [0.1, 0.15) is 0 Å². The van der Waals surface area contributed by atoms with Crippen molar-refractivity contribution >= 4 is 11.2 Å². The third-order valence-corrected chi connectivity index (χ3v) is 5.60. The highest BCUT2D eigenvalue weighted by Gasteiger charge is 2.32. The molecule has 1 heterocycles. The van der Waals surface area contributed by atoms with Crippen LogP contribution >= 0.6 is 0 Å². The van der Waals surface area contributed by atoms with E-state index in [1.807, 2.05) is 36.4 Å². The standard InChI is InChI=1S/C17H18O3S/c18-9-7-12-5-6-13(8-10-19)17-15(12)11-14-3-1-2-4-16(14)21(17)20/h1-6,18-19H,7-11H2. The quantitative estimate of drug-likeness (QED) is 0.847. The lowest BCUT2D eigenvalue weighted by molar-refractivity contribution is 0.297. The lowest BCUT2D eigenvalue weighted by Crippen LogP contribution is -2.19. The van der Waals surface area contributed by atoms with Crippen LogP contribution in [0.4, 0.5) is 0 Å². The van der Waals surface area contributed by atoms with Gasteiger partial charge in [0.25, 0.3) is 0 Å². The topological polar surface area (TPSA) is 63.5 Å². The molecule has 0 saturated carbocycles. The van der Waals surface area contributed by atoms with Crippen molar-refractivity contribution in [3.63, 3.8) is 0 Å². The van der Waals surface area contributed by atoms with Gasteiger partial charge in [-0.3, -0.25) is 0 Å². The normalized spacial score (nSPS) is 16.4. The highest BCUT2D eigenvalue weighted by Crippen LogP contribution is 2.38. The fourth-order valence-corrected chi connectivity index (χ4v) is 4.58. The van der Waals surface area contributed by atoms with Gasteiger partial charge in [0.05, 0.1) is 0 Å². The Labute approximate surface area is 127 Å². The summed E-state index contributed by atoms with van der Waals surface area (Å²) in [5.41, 5.74) is 4.15. The smallest absolute Gasteiger partial charge is 0.165 e.